The van der Waals surface area contributed by atoms with Crippen molar-refractivity contribution in [2.24, 2.45) is 0 Å². The number of ether oxygens (including phenoxy) is 1. The number of aryl methyl sites for hydroxylation is 1. The predicted molar refractivity (Wildman–Crippen MR) is 113 cm³/mol. The summed E-state index contributed by atoms with van der Waals surface area (Å²) in [6, 6.07) is 14.3. The molecule has 0 radical (unpaired) electrons. The minimum Gasteiger partial charge on any atom is -0.497 e. The average Bonchev–Trinajstić information content (AvgIpc) is 2.72. The van der Waals surface area contributed by atoms with Crippen LogP contribution in [0.4, 0.5) is 10.5 Å². The number of carbonyl (C=O) groups excluding carboxylic acids is 1. The van der Waals surface area contributed by atoms with Crippen LogP contribution < -0.4 is 15.6 Å². The Labute approximate surface area is 168 Å². The number of urea groups is 1. The molecular formula is C22H25N3O4. The summed E-state index contributed by atoms with van der Waals surface area (Å²) in [4.78, 5) is 29.7. The minimum atomic E-state index is -0.341. The van der Waals surface area contributed by atoms with E-state index in [1.165, 1.54) is 4.90 Å². The van der Waals surface area contributed by atoms with Crippen molar-refractivity contribution in [3.63, 3.8) is 0 Å². The van der Waals surface area contributed by atoms with Gasteiger partial charge in [0.05, 0.1) is 13.7 Å². The topological polar surface area (TPSA) is 94.7 Å². The number of hydrogen-bond donors (Lipinski definition) is 3. The number of aliphatic hydroxyl groups is 1. The van der Waals surface area contributed by atoms with E-state index in [9.17, 15) is 14.7 Å². The van der Waals surface area contributed by atoms with E-state index in [4.69, 9.17) is 4.74 Å². The van der Waals surface area contributed by atoms with Crippen LogP contribution in [0.3, 0.4) is 0 Å². The molecule has 0 fully saturated rings. The molecule has 1 heterocycles. The summed E-state index contributed by atoms with van der Waals surface area (Å²) in [6.07, 6.45) is 0.417. The largest absolute Gasteiger partial charge is 0.497 e. The highest BCUT2D eigenvalue weighted by Crippen LogP contribution is 2.17. The standard InChI is InChI=1S/C22H25N3O4/c1-15-4-5-16-13-17(21(27)24-20(16)12-15)14-25(10-3-11-26)22(28)23-18-6-8-19(29-2)9-7-18/h4-9,12-13,26H,3,10-11,14H2,1-2H3,(H,23,28)(H,24,27). The van der Waals surface area contributed by atoms with Crippen molar-refractivity contribution in [1.82, 2.24) is 9.88 Å². The van der Waals surface area contributed by atoms with Crippen molar-refractivity contribution in [2.75, 3.05) is 25.6 Å². The number of methoxy groups -OCH3 is 1. The first-order valence-corrected chi connectivity index (χ1v) is 9.43. The van der Waals surface area contributed by atoms with Gasteiger partial charge in [0.1, 0.15) is 5.75 Å². The summed E-state index contributed by atoms with van der Waals surface area (Å²) in [5, 5.41) is 12.9. The molecule has 0 aliphatic rings. The van der Waals surface area contributed by atoms with Crippen molar-refractivity contribution in [3.05, 3.63) is 70.0 Å². The molecule has 3 N–H and O–H groups in total. The van der Waals surface area contributed by atoms with E-state index in [0.717, 1.165) is 16.5 Å². The van der Waals surface area contributed by atoms with Gasteiger partial charge in [-0.05, 0) is 60.7 Å². The molecule has 0 saturated heterocycles. The zero-order chi connectivity index (χ0) is 20.8. The van der Waals surface area contributed by atoms with Crippen LogP contribution in [-0.4, -0.2) is 41.3 Å². The molecule has 0 saturated carbocycles. The molecule has 152 valence electrons. The molecule has 0 aliphatic carbocycles. The Morgan fingerprint density at radius 2 is 1.93 bits per heavy atom. The van der Waals surface area contributed by atoms with Gasteiger partial charge in [-0.2, -0.15) is 0 Å². The third-order valence-electron chi connectivity index (χ3n) is 4.65. The van der Waals surface area contributed by atoms with Gasteiger partial charge < -0.3 is 25.0 Å². The summed E-state index contributed by atoms with van der Waals surface area (Å²) in [5.74, 6) is 0.693. The van der Waals surface area contributed by atoms with Gasteiger partial charge in [-0.1, -0.05) is 12.1 Å². The first-order valence-electron chi connectivity index (χ1n) is 9.43. The van der Waals surface area contributed by atoms with Crippen molar-refractivity contribution in [2.45, 2.75) is 19.9 Å². The number of aliphatic hydroxyl groups excluding tert-OH is 1. The summed E-state index contributed by atoms with van der Waals surface area (Å²) >= 11 is 0. The molecule has 0 spiro atoms. The number of aromatic nitrogens is 1. The molecule has 0 unspecified atom stereocenters. The van der Waals surface area contributed by atoms with E-state index >= 15 is 0 Å². The predicted octanol–water partition coefficient (Wildman–Crippen LogP) is 3.26. The highest BCUT2D eigenvalue weighted by atomic mass is 16.5. The van der Waals surface area contributed by atoms with Gasteiger partial charge in [-0.3, -0.25) is 4.79 Å². The van der Waals surface area contributed by atoms with Crippen LogP contribution in [0.2, 0.25) is 0 Å². The summed E-state index contributed by atoms with van der Waals surface area (Å²) in [7, 11) is 1.58. The minimum absolute atomic E-state index is 0.0420. The average molecular weight is 395 g/mol. The SMILES string of the molecule is COc1ccc(NC(=O)N(CCCO)Cc2cc3ccc(C)cc3[nH]c2=O)cc1. The lowest BCUT2D eigenvalue weighted by molar-refractivity contribution is 0.199. The molecule has 3 aromatic rings. The van der Waals surface area contributed by atoms with Gasteiger partial charge in [-0.25, -0.2) is 4.79 Å². The van der Waals surface area contributed by atoms with Crippen molar-refractivity contribution >= 4 is 22.6 Å². The summed E-state index contributed by atoms with van der Waals surface area (Å²) < 4.78 is 5.12. The molecule has 29 heavy (non-hydrogen) atoms. The highest BCUT2D eigenvalue weighted by molar-refractivity contribution is 5.89. The molecule has 1 aromatic heterocycles. The molecule has 2 amide bonds. The number of amides is 2. The number of aromatic amines is 1. The van der Waals surface area contributed by atoms with Crippen molar-refractivity contribution in [3.8, 4) is 5.75 Å². The van der Waals surface area contributed by atoms with E-state index in [1.54, 1.807) is 37.4 Å². The Hall–Kier alpha value is -3.32. The van der Waals surface area contributed by atoms with Gasteiger partial charge in [0.25, 0.3) is 5.56 Å². The van der Waals surface area contributed by atoms with E-state index in [2.05, 4.69) is 10.3 Å². The summed E-state index contributed by atoms with van der Waals surface area (Å²) in [6.45, 7) is 2.39. The maximum atomic E-state index is 12.8. The number of benzene rings is 2. The lowest BCUT2D eigenvalue weighted by atomic mass is 10.1. The van der Waals surface area contributed by atoms with Crippen LogP contribution in [0.15, 0.2) is 53.3 Å². The van der Waals surface area contributed by atoms with Gasteiger partial charge >= 0.3 is 6.03 Å². The lowest BCUT2D eigenvalue weighted by Gasteiger charge is -2.23. The number of pyridine rings is 1. The van der Waals surface area contributed by atoms with Gasteiger partial charge in [0.15, 0.2) is 0 Å². The quantitative estimate of drug-likeness (QED) is 0.572. The van der Waals surface area contributed by atoms with Gasteiger partial charge in [0, 0.05) is 29.9 Å². The maximum Gasteiger partial charge on any atom is 0.322 e. The molecule has 3 rings (SSSR count). The van der Waals surface area contributed by atoms with E-state index in [0.29, 0.717) is 30.0 Å². The Balaban J connectivity index is 1.81. The van der Waals surface area contributed by atoms with E-state index in [-0.39, 0.29) is 24.7 Å². The smallest absolute Gasteiger partial charge is 0.322 e. The summed E-state index contributed by atoms with van der Waals surface area (Å²) in [5.41, 5.74) is 2.71. The number of H-pyrrole nitrogens is 1. The molecule has 2 aromatic carbocycles. The van der Waals surface area contributed by atoms with Gasteiger partial charge in [-0.15, -0.1) is 0 Å². The Kier molecular flexibility index (Phi) is 6.51. The fourth-order valence-corrected chi connectivity index (χ4v) is 3.07. The number of hydrogen-bond acceptors (Lipinski definition) is 4. The first kappa shape index (κ1) is 20.4. The third-order valence-corrected chi connectivity index (χ3v) is 4.65. The molecule has 0 atom stereocenters. The molecule has 0 aliphatic heterocycles. The Morgan fingerprint density at radius 1 is 1.17 bits per heavy atom. The number of nitrogens with one attached hydrogen (secondary N) is 2. The van der Waals surface area contributed by atoms with Gasteiger partial charge in [0.2, 0.25) is 0 Å². The van der Waals surface area contributed by atoms with Crippen molar-refractivity contribution in [1.29, 1.82) is 0 Å². The second kappa shape index (κ2) is 9.25. The monoisotopic (exact) mass is 395 g/mol. The second-order valence-electron chi connectivity index (χ2n) is 6.87. The van der Waals surface area contributed by atoms with Crippen LogP contribution >= 0.6 is 0 Å². The van der Waals surface area contributed by atoms with Crippen molar-refractivity contribution < 1.29 is 14.6 Å². The lowest BCUT2D eigenvalue weighted by Crippen LogP contribution is -2.37. The Bertz CT molecular complexity index is 1040. The first-order chi connectivity index (χ1) is 14.0. The van der Waals surface area contributed by atoms with E-state index < -0.39 is 0 Å². The van der Waals surface area contributed by atoms with Crippen LogP contribution in [-0.2, 0) is 6.54 Å². The number of fused-ring (bicyclic) bond motifs is 1. The maximum absolute atomic E-state index is 12.8. The molecule has 7 nitrogen and oxygen atoms in total. The van der Waals surface area contributed by atoms with Crippen LogP contribution in [0, 0.1) is 6.92 Å². The molecule has 7 heteroatoms. The normalized spacial score (nSPS) is 10.7. The third kappa shape index (κ3) is 5.14. The second-order valence-corrected chi connectivity index (χ2v) is 6.87. The number of rotatable bonds is 7. The molecule has 0 bridgehead atoms. The molecular weight excluding hydrogens is 370 g/mol. The number of nitrogens with zero attached hydrogens (tertiary/aromatic N) is 1. The zero-order valence-corrected chi connectivity index (χ0v) is 16.6. The number of anilines is 1. The van der Waals surface area contributed by atoms with Crippen LogP contribution in [0.5, 0.6) is 5.75 Å². The highest BCUT2D eigenvalue weighted by Gasteiger charge is 2.16. The van der Waals surface area contributed by atoms with Crippen LogP contribution in [0.1, 0.15) is 17.5 Å². The zero-order valence-electron chi connectivity index (χ0n) is 16.6. The fraction of sp³-hybridized carbons (Fsp3) is 0.273. The Morgan fingerprint density at radius 3 is 2.62 bits per heavy atom. The number of carbonyl (C=O) groups is 1. The van der Waals surface area contributed by atoms with Crippen LogP contribution in [0.25, 0.3) is 10.9 Å². The fourth-order valence-electron chi connectivity index (χ4n) is 3.07. The van der Waals surface area contributed by atoms with E-state index in [1.807, 2.05) is 25.1 Å².